The normalized spacial score (nSPS) is 27.6. The van der Waals surface area contributed by atoms with E-state index in [1.54, 1.807) is 35.3 Å². The van der Waals surface area contributed by atoms with Crippen molar-refractivity contribution in [1.29, 1.82) is 5.26 Å². The molecule has 220 valence electrons. The number of urea groups is 1. The third-order valence-corrected chi connectivity index (χ3v) is 7.36. The second-order valence-electron chi connectivity index (χ2n) is 10.2. The topological polar surface area (TPSA) is 205 Å². The molecule has 14 nitrogen and oxygen atoms in total. The van der Waals surface area contributed by atoms with Crippen molar-refractivity contribution >= 4 is 20.3 Å². The van der Waals surface area contributed by atoms with Gasteiger partial charge in [-0.05, 0) is 33.8 Å². The van der Waals surface area contributed by atoms with E-state index < -0.39 is 56.8 Å². The molecule has 15 heteroatoms. The Morgan fingerprint density at radius 1 is 1.30 bits per heavy atom. The molecule has 40 heavy (non-hydrogen) atoms. The van der Waals surface area contributed by atoms with Gasteiger partial charge in [0, 0.05) is 30.3 Å². The minimum Gasteiger partial charge on any atom is -0.393 e. The quantitative estimate of drug-likeness (QED) is 0.0856. The predicted octanol–water partition coefficient (Wildman–Crippen LogP) is 0.315. The minimum absolute atomic E-state index is 0.149. The summed E-state index contributed by atoms with van der Waals surface area (Å²) in [5.41, 5.74) is 4.65. The number of carbonyl (C=O) groups is 2. The molecule has 1 aromatic rings. The van der Waals surface area contributed by atoms with E-state index in [1.165, 1.54) is 17.1 Å². The van der Waals surface area contributed by atoms with E-state index in [0.29, 0.717) is 5.56 Å². The molecule has 0 spiro atoms. The van der Waals surface area contributed by atoms with Gasteiger partial charge in [-0.3, -0.25) is 15.4 Å². The smallest absolute Gasteiger partial charge is 0.325 e. The van der Waals surface area contributed by atoms with Crippen LogP contribution in [0.25, 0.3) is 0 Å². The Morgan fingerprint density at radius 3 is 2.42 bits per heavy atom. The molecule has 0 aromatic heterocycles. The Bertz CT molecular complexity index is 1110. The van der Waals surface area contributed by atoms with Crippen LogP contribution in [0.15, 0.2) is 42.6 Å². The molecule has 0 saturated carbocycles. The standard InChI is InChI=1S/C25H37N6O8P/c1-16(2)31(17(3)4)30(40(36)37)14-19(13-26)39-25(35)12-21(38-20(25)15-32)29-11-10-24(27,28-23(29)34)22(33)18-8-6-5-7-9-18/h5-11,16-17,19-21,32,35-37H,12,14-15,27H2,1-4H3,(H,28,34)/t19?,20-,21-,24?,25-/m1/s1. The average molecular weight is 581 g/mol. The highest BCUT2D eigenvalue weighted by molar-refractivity contribution is 7.42. The number of ether oxygens (including phenoxy) is 2. The Balaban J connectivity index is 1.77. The molecule has 0 bridgehead atoms. The van der Waals surface area contributed by atoms with Crippen molar-refractivity contribution in [1.82, 2.24) is 20.0 Å². The van der Waals surface area contributed by atoms with Gasteiger partial charge < -0.3 is 34.8 Å². The third kappa shape index (κ3) is 6.84. The summed E-state index contributed by atoms with van der Waals surface area (Å²) < 4.78 is 12.6. The molecule has 3 rings (SSSR count). The second kappa shape index (κ2) is 13.0. The van der Waals surface area contributed by atoms with Crippen molar-refractivity contribution in [2.24, 2.45) is 5.73 Å². The van der Waals surface area contributed by atoms with Crippen molar-refractivity contribution in [2.45, 2.75) is 76.1 Å². The Morgan fingerprint density at radius 2 is 1.93 bits per heavy atom. The maximum Gasteiger partial charge on any atom is 0.325 e. The van der Waals surface area contributed by atoms with E-state index in [1.807, 2.05) is 33.8 Å². The number of benzene rings is 1. The molecule has 2 heterocycles. The SMILES string of the molecule is CC(C)N(C(C)C)N(CC(C#N)O[C@]1(O)C[C@H](N2C=CC(N)(C(=O)c3ccccc3)NC2=O)O[C@@H]1CO)P(O)O. The zero-order valence-electron chi connectivity index (χ0n) is 22.8. The summed E-state index contributed by atoms with van der Waals surface area (Å²) in [6.45, 7) is 6.37. The number of hydrogen-bond acceptors (Lipinski definition) is 12. The van der Waals surface area contributed by atoms with E-state index in [4.69, 9.17) is 15.2 Å². The molecule has 5 atom stereocenters. The molecule has 0 radical (unpaired) electrons. The highest BCUT2D eigenvalue weighted by Crippen LogP contribution is 2.38. The number of hydrazine groups is 1. The number of rotatable bonds is 12. The van der Waals surface area contributed by atoms with Gasteiger partial charge in [0.05, 0.1) is 19.2 Å². The number of nitrogens with two attached hydrogens (primary N) is 1. The molecule has 1 saturated heterocycles. The number of nitrogens with one attached hydrogen (secondary N) is 1. The van der Waals surface area contributed by atoms with Crippen molar-refractivity contribution in [3.63, 3.8) is 0 Å². The number of hydrogen-bond donors (Lipinski definition) is 6. The first-order chi connectivity index (χ1) is 18.8. The van der Waals surface area contributed by atoms with E-state index in [2.05, 4.69) is 5.32 Å². The van der Waals surface area contributed by atoms with Crippen LogP contribution in [-0.4, -0.2) is 102 Å². The van der Waals surface area contributed by atoms with Crippen molar-refractivity contribution in [2.75, 3.05) is 13.2 Å². The van der Waals surface area contributed by atoms with Crippen LogP contribution in [-0.2, 0) is 9.47 Å². The van der Waals surface area contributed by atoms with Crippen LogP contribution in [0.2, 0.25) is 0 Å². The summed E-state index contributed by atoms with van der Waals surface area (Å²) in [6, 6.07) is 9.01. The number of Topliss-reactive ketones (excluding diaryl/α,β-unsaturated/α-hetero) is 1. The zero-order chi connectivity index (χ0) is 29.8. The van der Waals surface area contributed by atoms with Crippen LogP contribution in [0.3, 0.4) is 0 Å². The van der Waals surface area contributed by atoms with Gasteiger partial charge in [-0.2, -0.15) is 10.0 Å². The molecule has 2 aliphatic rings. The number of nitriles is 1. The van der Waals surface area contributed by atoms with Gasteiger partial charge >= 0.3 is 6.03 Å². The Hall–Kier alpha value is -2.54. The molecule has 2 aliphatic heterocycles. The van der Waals surface area contributed by atoms with E-state index >= 15 is 0 Å². The van der Waals surface area contributed by atoms with E-state index in [9.17, 15) is 34.9 Å². The summed E-state index contributed by atoms with van der Waals surface area (Å²) in [5.74, 6) is -2.76. The first-order valence-electron chi connectivity index (χ1n) is 12.7. The van der Waals surface area contributed by atoms with E-state index in [-0.39, 0.29) is 25.0 Å². The molecule has 1 fully saturated rings. The summed E-state index contributed by atoms with van der Waals surface area (Å²) in [7, 11) is -2.66. The predicted molar refractivity (Wildman–Crippen MR) is 143 cm³/mol. The maximum absolute atomic E-state index is 13.0. The molecule has 0 aliphatic carbocycles. The molecular weight excluding hydrogens is 543 g/mol. The second-order valence-corrected chi connectivity index (χ2v) is 11.2. The third-order valence-electron chi connectivity index (χ3n) is 6.58. The summed E-state index contributed by atoms with van der Waals surface area (Å²) in [6.07, 6.45) is -1.72. The molecule has 7 N–H and O–H groups in total. The highest BCUT2D eigenvalue weighted by Gasteiger charge is 2.53. The fraction of sp³-hybridized carbons (Fsp3) is 0.560. The molecule has 2 amide bonds. The number of amides is 2. The average Bonchev–Trinajstić information content (AvgIpc) is 3.22. The monoisotopic (exact) mass is 580 g/mol. The highest BCUT2D eigenvalue weighted by atomic mass is 31.2. The lowest BCUT2D eigenvalue weighted by Crippen LogP contribution is -2.65. The van der Waals surface area contributed by atoms with Crippen LogP contribution in [0, 0.1) is 11.3 Å². The number of carbonyl (C=O) groups excluding carboxylic acids is 2. The van der Waals surface area contributed by atoms with Gasteiger partial charge in [-0.25, -0.2) is 9.80 Å². The van der Waals surface area contributed by atoms with Gasteiger partial charge in [-0.1, -0.05) is 30.3 Å². The zero-order valence-corrected chi connectivity index (χ0v) is 23.7. The first-order valence-corrected chi connectivity index (χ1v) is 13.9. The Kier molecular flexibility index (Phi) is 10.4. The lowest BCUT2D eigenvalue weighted by atomic mass is 9.97. The minimum atomic E-state index is -2.66. The molecule has 2 unspecified atom stereocenters. The van der Waals surface area contributed by atoms with Gasteiger partial charge in [0.2, 0.25) is 11.6 Å². The van der Waals surface area contributed by atoms with Crippen molar-refractivity contribution in [3.05, 3.63) is 48.2 Å². The molecule has 1 aromatic carbocycles. The Labute approximate surface area is 234 Å². The van der Waals surface area contributed by atoms with Crippen molar-refractivity contribution in [3.8, 4) is 6.07 Å². The number of nitrogens with zero attached hydrogens (tertiary/aromatic N) is 4. The number of ketones is 1. The van der Waals surface area contributed by atoms with Gasteiger partial charge in [0.15, 0.2) is 11.8 Å². The molecular formula is C25H37N6O8P. The van der Waals surface area contributed by atoms with Crippen LogP contribution >= 0.6 is 8.53 Å². The van der Waals surface area contributed by atoms with Gasteiger partial charge in [-0.15, -0.1) is 0 Å². The van der Waals surface area contributed by atoms with Crippen LogP contribution in [0.5, 0.6) is 0 Å². The fourth-order valence-corrected chi connectivity index (χ4v) is 5.72. The van der Waals surface area contributed by atoms with Gasteiger partial charge in [0.1, 0.15) is 12.3 Å². The maximum atomic E-state index is 13.0. The number of aliphatic hydroxyl groups excluding tert-OH is 1. The lowest BCUT2D eigenvalue weighted by molar-refractivity contribution is -0.252. The van der Waals surface area contributed by atoms with Crippen molar-refractivity contribution < 1.29 is 39.1 Å². The largest absolute Gasteiger partial charge is 0.393 e. The number of aliphatic hydroxyl groups is 2. The lowest BCUT2D eigenvalue weighted by Gasteiger charge is -2.41. The van der Waals surface area contributed by atoms with Crippen LogP contribution in [0.1, 0.15) is 44.5 Å². The van der Waals surface area contributed by atoms with Crippen LogP contribution < -0.4 is 11.1 Å². The first kappa shape index (κ1) is 32.0. The van der Waals surface area contributed by atoms with E-state index in [0.717, 1.165) is 4.90 Å². The summed E-state index contributed by atoms with van der Waals surface area (Å²) in [4.78, 5) is 47.1. The summed E-state index contributed by atoms with van der Waals surface area (Å²) >= 11 is 0. The fourth-order valence-electron chi connectivity index (χ4n) is 4.82. The van der Waals surface area contributed by atoms with Gasteiger partial charge in [0.25, 0.3) is 8.53 Å². The van der Waals surface area contributed by atoms with Crippen LogP contribution in [0.4, 0.5) is 4.79 Å². The summed E-state index contributed by atoms with van der Waals surface area (Å²) in [5, 5.41) is 35.1.